The van der Waals surface area contributed by atoms with E-state index in [4.69, 9.17) is 11.6 Å². The minimum atomic E-state index is -0.338. The van der Waals surface area contributed by atoms with Crippen LogP contribution in [0.3, 0.4) is 0 Å². The quantitative estimate of drug-likeness (QED) is 0.894. The van der Waals surface area contributed by atoms with E-state index in [1.807, 2.05) is 18.2 Å². The van der Waals surface area contributed by atoms with Crippen LogP contribution in [0.5, 0.6) is 5.88 Å². The van der Waals surface area contributed by atoms with Gasteiger partial charge in [0.15, 0.2) is 0 Å². The van der Waals surface area contributed by atoms with Gasteiger partial charge in [-0.2, -0.15) is 10.2 Å². The highest BCUT2D eigenvalue weighted by atomic mass is 35.5. The average Bonchev–Trinajstić information content (AvgIpc) is 3.03. The minimum Gasteiger partial charge on any atom is -0.493 e. The van der Waals surface area contributed by atoms with Crippen molar-refractivity contribution >= 4 is 40.9 Å². The number of halogens is 1. The number of nitrogens with one attached hydrogen (secondary N) is 1. The molecule has 0 spiro atoms. The third-order valence-electron chi connectivity index (χ3n) is 2.75. The number of benzene rings is 1. The number of aromatic hydroxyl groups is 1. The summed E-state index contributed by atoms with van der Waals surface area (Å²) in [6, 6.07) is 7.20. The molecule has 0 amide bonds. The normalized spacial score (nSPS) is 13.2. The van der Waals surface area contributed by atoms with Crippen LogP contribution in [0.1, 0.15) is 10.4 Å². The largest absolute Gasteiger partial charge is 0.493 e. The van der Waals surface area contributed by atoms with Crippen LogP contribution in [0.4, 0.5) is 0 Å². The molecule has 0 bridgehead atoms. The molecule has 7 heteroatoms. The number of thiazole rings is 1. The molecule has 0 fully saturated rings. The molecular formula is C13H8ClN3O2S. The smallest absolute Gasteiger partial charge is 0.307 e. The van der Waals surface area contributed by atoms with Crippen molar-refractivity contribution in [1.82, 2.24) is 4.98 Å². The topological polar surface area (TPSA) is 77.8 Å². The fourth-order valence-corrected chi connectivity index (χ4v) is 2.96. The van der Waals surface area contributed by atoms with Gasteiger partial charge in [-0.15, -0.1) is 0 Å². The first-order valence-electron chi connectivity index (χ1n) is 5.65. The summed E-state index contributed by atoms with van der Waals surface area (Å²) in [5.74, 6) is -0.184. The second-order valence-electron chi connectivity index (χ2n) is 3.99. The average molecular weight is 306 g/mol. The molecule has 20 heavy (non-hydrogen) atoms. The van der Waals surface area contributed by atoms with Gasteiger partial charge in [0.2, 0.25) is 5.88 Å². The fourth-order valence-electron chi connectivity index (χ4n) is 1.92. The number of allylic oxidation sites excluding steroid dienone is 1. The van der Waals surface area contributed by atoms with Crippen LogP contribution in [-0.4, -0.2) is 22.5 Å². The molecule has 100 valence electrons. The van der Waals surface area contributed by atoms with Gasteiger partial charge in [-0.1, -0.05) is 41.1 Å². The van der Waals surface area contributed by atoms with E-state index in [2.05, 4.69) is 15.2 Å². The number of hydrogen-bond donors (Lipinski definition) is 2. The Morgan fingerprint density at radius 3 is 2.55 bits per heavy atom. The SMILES string of the molecule is O=c1[nH]c(O)c(C(=C2C=NN=C2)c2ccccc2Cl)s1. The van der Waals surface area contributed by atoms with E-state index in [0.717, 1.165) is 11.3 Å². The minimum absolute atomic E-state index is 0.184. The number of nitrogens with zero attached hydrogens (tertiary/aromatic N) is 2. The van der Waals surface area contributed by atoms with Crippen molar-refractivity contribution in [1.29, 1.82) is 0 Å². The zero-order valence-electron chi connectivity index (χ0n) is 10.0. The van der Waals surface area contributed by atoms with Gasteiger partial charge < -0.3 is 5.11 Å². The molecule has 1 aromatic heterocycles. The van der Waals surface area contributed by atoms with Gasteiger partial charge in [-0.3, -0.25) is 9.78 Å². The van der Waals surface area contributed by atoms with E-state index in [9.17, 15) is 9.90 Å². The highest BCUT2D eigenvalue weighted by Gasteiger charge is 2.20. The first-order valence-corrected chi connectivity index (χ1v) is 6.84. The zero-order chi connectivity index (χ0) is 14.1. The molecule has 1 aromatic carbocycles. The molecule has 0 unspecified atom stereocenters. The van der Waals surface area contributed by atoms with Gasteiger partial charge in [0.25, 0.3) is 0 Å². The number of hydrogen-bond acceptors (Lipinski definition) is 5. The van der Waals surface area contributed by atoms with Crippen molar-refractivity contribution in [3.63, 3.8) is 0 Å². The summed E-state index contributed by atoms with van der Waals surface area (Å²) >= 11 is 7.13. The van der Waals surface area contributed by atoms with Crippen LogP contribution in [0.15, 0.2) is 44.8 Å². The number of H-pyrrole nitrogens is 1. The Hall–Kier alpha value is -2.18. The monoisotopic (exact) mass is 305 g/mol. The number of aromatic nitrogens is 1. The number of aromatic amines is 1. The highest BCUT2D eigenvalue weighted by Crippen LogP contribution is 2.36. The second-order valence-corrected chi connectivity index (χ2v) is 5.38. The Morgan fingerprint density at radius 2 is 1.95 bits per heavy atom. The molecular weight excluding hydrogens is 298 g/mol. The Kier molecular flexibility index (Phi) is 3.25. The van der Waals surface area contributed by atoms with Gasteiger partial charge in [-0.25, -0.2) is 0 Å². The summed E-state index contributed by atoms with van der Waals surface area (Å²) in [4.78, 5) is 13.9. The Balaban J connectivity index is 2.32. The van der Waals surface area contributed by atoms with E-state index in [-0.39, 0.29) is 10.8 Å². The molecule has 2 aromatic rings. The zero-order valence-corrected chi connectivity index (χ0v) is 11.6. The third kappa shape index (κ3) is 2.19. The van der Waals surface area contributed by atoms with Crippen LogP contribution in [0, 0.1) is 0 Å². The fraction of sp³-hybridized carbons (Fsp3) is 0. The van der Waals surface area contributed by atoms with Crippen molar-refractivity contribution in [3.05, 3.63) is 55.0 Å². The highest BCUT2D eigenvalue weighted by molar-refractivity contribution is 7.10. The summed E-state index contributed by atoms with van der Waals surface area (Å²) in [5.41, 5.74) is 2.01. The van der Waals surface area contributed by atoms with Gasteiger partial charge in [0.1, 0.15) is 4.88 Å². The summed E-state index contributed by atoms with van der Waals surface area (Å²) in [6.07, 6.45) is 3.12. The lowest BCUT2D eigenvalue weighted by Crippen LogP contribution is -1.95. The molecule has 0 saturated carbocycles. The molecule has 0 aliphatic carbocycles. The maximum Gasteiger partial charge on any atom is 0.307 e. The molecule has 3 rings (SSSR count). The van der Waals surface area contributed by atoms with E-state index in [0.29, 0.717) is 26.6 Å². The molecule has 2 N–H and O–H groups in total. The van der Waals surface area contributed by atoms with E-state index in [1.54, 1.807) is 18.5 Å². The summed E-state index contributed by atoms with van der Waals surface area (Å²) in [7, 11) is 0. The molecule has 5 nitrogen and oxygen atoms in total. The van der Waals surface area contributed by atoms with Crippen molar-refractivity contribution in [2.75, 3.05) is 0 Å². The molecule has 1 aliphatic heterocycles. The Labute approximate surface area is 122 Å². The van der Waals surface area contributed by atoms with Gasteiger partial charge in [0, 0.05) is 21.7 Å². The van der Waals surface area contributed by atoms with E-state index in [1.165, 1.54) is 0 Å². The van der Waals surface area contributed by atoms with Crippen LogP contribution in [0.25, 0.3) is 5.57 Å². The molecule has 2 heterocycles. The maximum atomic E-state index is 11.4. The lowest BCUT2D eigenvalue weighted by atomic mass is 9.99. The summed E-state index contributed by atoms with van der Waals surface area (Å²) in [5, 5.41) is 18.0. The van der Waals surface area contributed by atoms with Crippen molar-refractivity contribution in [2.45, 2.75) is 0 Å². The van der Waals surface area contributed by atoms with Crippen LogP contribution in [0.2, 0.25) is 5.02 Å². The standard InChI is InChI=1S/C13H8ClN3O2S/c14-9-4-2-1-3-8(9)10(7-5-15-16-6-7)11-12(18)17-13(19)20-11/h1-6,18H,(H,17,19). The number of rotatable bonds is 2. The molecule has 0 atom stereocenters. The first-order chi connectivity index (χ1) is 9.66. The van der Waals surface area contributed by atoms with Gasteiger partial charge in [0.05, 0.1) is 12.4 Å². The lowest BCUT2D eigenvalue weighted by Gasteiger charge is -2.09. The first kappa shape index (κ1) is 12.8. The van der Waals surface area contributed by atoms with Crippen molar-refractivity contribution in [2.24, 2.45) is 10.2 Å². The van der Waals surface area contributed by atoms with Crippen LogP contribution >= 0.6 is 22.9 Å². The summed E-state index contributed by atoms with van der Waals surface area (Å²) in [6.45, 7) is 0. The van der Waals surface area contributed by atoms with E-state index < -0.39 is 0 Å². The van der Waals surface area contributed by atoms with Crippen LogP contribution < -0.4 is 4.87 Å². The molecule has 1 aliphatic rings. The second kappa shape index (κ2) is 5.07. The Bertz CT molecular complexity index is 803. The van der Waals surface area contributed by atoms with E-state index >= 15 is 0 Å². The predicted octanol–water partition coefficient (Wildman–Crippen LogP) is 2.67. The third-order valence-corrected chi connectivity index (χ3v) is 3.97. The predicted molar refractivity (Wildman–Crippen MR) is 81.1 cm³/mol. The maximum absolute atomic E-state index is 11.4. The van der Waals surface area contributed by atoms with Gasteiger partial charge in [-0.05, 0) is 6.07 Å². The van der Waals surface area contributed by atoms with Crippen molar-refractivity contribution < 1.29 is 5.11 Å². The van der Waals surface area contributed by atoms with Crippen molar-refractivity contribution in [3.8, 4) is 5.88 Å². The van der Waals surface area contributed by atoms with Crippen LogP contribution in [-0.2, 0) is 0 Å². The summed E-state index contributed by atoms with van der Waals surface area (Å²) < 4.78 is 0. The van der Waals surface area contributed by atoms with Gasteiger partial charge >= 0.3 is 4.87 Å². The molecule has 0 saturated heterocycles. The molecule has 0 radical (unpaired) electrons. The Morgan fingerprint density at radius 1 is 1.25 bits per heavy atom. The lowest BCUT2D eigenvalue weighted by molar-refractivity contribution is 0.455.